The highest BCUT2D eigenvalue weighted by molar-refractivity contribution is 7.92. The third kappa shape index (κ3) is 6.92. The van der Waals surface area contributed by atoms with Gasteiger partial charge in [-0.1, -0.05) is 47.5 Å². The van der Waals surface area contributed by atoms with E-state index in [0.29, 0.717) is 18.0 Å². The van der Waals surface area contributed by atoms with Crippen LogP contribution in [0.4, 0.5) is 5.69 Å². The predicted octanol–water partition coefficient (Wildman–Crippen LogP) is 4.06. The average molecular weight is 538 g/mol. The van der Waals surface area contributed by atoms with E-state index in [9.17, 15) is 18.0 Å². The van der Waals surface area contributed by atoms with Crippen LogP contribution >= 0.6 is 0 Å². The number of carbonyl (C=O) groups is 2. The number of sulfonamides is 1. The van der Waals surface area contributed by atoms with Crippen molar-refractivity contribution < 1.29 is 22.7 Å². The van der Waals surface area contributed by atoms with Crippen molar-refractivity contribution in [2.45, 2.75) is 45.2 Å². The summed E-state index contributed by atoms with van der Waals surface area (Å²) in [7, 11) is -2.59. The van der Waals surface area contributed by atoms with Crippen LogP contribution in [0.2, 0.25) is 0 Å². The molecular weight excluding hydrogens is 502 g/mol. The van der Waals surface area contributed by atoms with Gasteiger partial charge >= 0.3 is 0 Å². The summed E-state index contributed by atoms with van der Waals surface area (Å²) in [6, 6.07) is 19.8. The quantitative estimate of drug-likeness (QED) is 0.398. The first kappa shape index (κ1) is 28.7. The molecule has 0 bridgehead atoms. The molecule has 0 fully saturated rings. The Bertz CT molecular complexity index is 1360. The van der Waals surface area contributed by atoms with Gasteiger partial charge in [-0.2, -0.15) is 0 Å². The molecule has 1 atom stereocenters. The van der Waals surface area contributed by atoms with Gasteiger partial charge in [-0.15, -0.1) is 0 Å². The number of rotatable bonds is 11. The molecule has 1 unspecified atom stereocenters. The van der Waals surface area contributed by atoms with Gasteiger partial charge in [0.1, 0.15) is 18.3 Å². The molecular formula is C29H35N3O5S. The molecule has 202 valence electrons. The fourth-order valence-corrected chi connectivity index (χ4v) is 5.44. The van der Waals surface area contributed by atoms with Crippen molar-refractivity contribution in [3.8, 4) is 5.75 Å². The summed E-state index contributed by atoms with van der Waals surface area (Å²) >= 11 is 0. The Balaban J connectivity index is 2.03. The summed E-state index contributed by atoms with van der Waals surface area (Å²) in [5.74, 6) is -0.263. The zero-order chi connectivity index (χ0) is 27.9. The van der Waals surface area contributed by atoms with Crippen molar-refractivity contribution >= 4 is 27.5 Å². The van der Waals surface area contributed by atoms with Crippen LogP contribution in [0.15, 0.2) is 77.7 Å². The molecule has 0 aliphatic carbocycles. The van der Waals surface area contributed by atoms with Crippen molar-refractivity contribution in [2.24, 2.45) is 0 Å². The molecule has 3 rings (SSSR count). The lowest BCUT2D eigenvalue weighted by molar-refractivity contribution is -0.139. The van der Waals surface area contributed by atoms with Gasteiger partial charge in [-0.25, -0.2) is 8.42 Å². The maximum Gasteiger partial charge on any atom is 0.264 e. The third-order valence-electron chi connectivity index (χ3n) is 6.20. The number of likely N-dealkylation sites (N-methyl/N-ethyl adjacent to an activating group) is 1. The molecule has 8 nitrogen and oxygen atoms in total. The van der Waals surface area contributed by atoms with E-state index < -0.39 is 28.5 Å². The van der Waals surface area contributed by atoms with Crippen LogP contribution in [0.25, 0.3) is 0 Å². The largest absolute Gasteiger partial charge is 0.497 e. The van der Waals surface area contributed by atoms with Crippen molar-refractivity contribution in [3.63, 3.8) is 0 Å². The molecule has 3 aromatic carbocycles. The molecule has 0 aliphatic heterocycles. The zero-order valence-electron chi connectivity index (χ0n) is 22.5. The van der Waals surface area contributed by atoms with Gasteiger partial charge in [0.15, 0.2) is 0 Å². The number of methoxy groups -OCH3 is 1. The first-order valence-corrected chi connectivity index (χ1v) is 13.9. The lowest BCUT2D eigenvalue weighted by Gasteiger charge is -2.32. The summed E-state index contributed by atoms with van der Waals surface area (Å²) in [5, 5.41) is 2.76. The number of anilines is 1. The van der Waals surface area contributed by atoms with Gasteiger partial charge in [0, 0.05) is 13.1 Å². The maximum atomic E-state index is 13.8. The molecule has 0 aromatic heterocycles. The van der Waals surface area contributed by atoms with Crippen LogP contribution in [0, 0.1) is 13.8 Å². The number of nitrogens with one attached hydrogen (secondary N) is 1. The van der Waals surface area contributed by atoms with E-state index in [0.717, 1.165) is 21.0 Å². The molecule has 1 N–H and O–H groups in total. The third-order valence-corrected chi connectivity index (χ3v) is 7.99. The van der Waals surface area contributed by atoms with Gasteiger partial charge in [-0.05, 0) is 69.7 Å². The number of nitrogens with zero attached hydrogens (tertiary/aromatic N) is 2. The zero-order valence-corrected chi connectivity index (χ0v) is 23.3. The standard InChI is InChI=1S/C29H35N3O5S/c1-6-30-29(34)23(4)31(19-24-9-7-8-22(3)18-24)28(33)20-32(25-12-14-26(37-5)15-13-25)38(35,36)27-16-10-21(2)11-17-27/h7-18,23H,6,19-20H2,1-5H3,(H,30,34). The molecule has 9 heteroatoms. The highest BCUT2D eigenvalue weighted by Crippen LogP contribution is 2.27. The van der Waals surface area contributed by atoms with Crippen LogP contribution < -0.4 is 14.4 Å². The maximum absolute atomic E-state index is 13.8. The molecule has 38 heavy (non-hydrogen) atoms. The van der Waals surface area contributed by atoms with E-state index in [-0.39, 0.29) is 17.3 Å². The molecule has 0 saturated heterocycles. The summed E-state index contributed by atoms with van der Waals surface area (Å²) in [5.41, 5.74) is 3.08. The second kappa shape index (κ2) is 12.6. The molecule has 0 radical (unpaired) electrons. The number of amides is 2. The van der Waals surface area contributed by atoms with E-state index in [2.05, 4.69) is 5.32 Å². The minimum atomic E-state index is -4.11. The highest BCUT2D eigenvalue weighted by atomic mass is 32.2. The minimum absolute atomic E-state index is 0.0636. The number of benzene rings is 3. The van der Waals surface area contributed by atoms with Gasteiger partial charge in [0.05, 0.1) is 17.7 Å². The van der Waals surface area contributed by atoms with E-state index in [1.54, 1.807) is 50.2 Å². The van der Waals surface area contributed by atoms with Crippen molar-refractivity contribution in [1.82, 2.24) is 10.2 Å². The Morgan fingerprint density at radius 2 is 1.61 bits per heavy atom. The van der Waals surface area contributed by atoms with Gasteiger partial charge < -0.3 is 15.0 Å². The summed E-state index contributed by atoms with van der Waals surface area (Å²) in [4.78, 5) is 28.1. The van der Waals surface area contributed by atoms with Gasteiger partial charge in [0.25, 0.3) is 10.0 Å². The number of hydrogen-bond acceptors (Lipinski definition) is 5. The summed E-state index contributed by atoms with van der Waals surface area (Å²) in [6.45, 7) is 7.34. The number of carbonyl (C=O) groups excluding carboxylic acids is 2. The van der Waals surface area contributed by atoms with Crippen LogP contribution in [0.3, 0.4) is 0 Å². The Hall–Kier alpha value is -3.85. The minimum Gasteiger partial charge on any atom is -0.497 e. The Morgan fingerprint density at radius 1 is 0.947 bits per heavy atom. The second-order valence-electron chi connectivity index (χ2n) is 9.10. The van der Waals surface area contributed by atoms with Crippen LogP contribution in [0.5, 0.6) is 5.75 Å². The average Bonchev–Trinajstić information content (AvgIpc) is 2.90. The normalized spacial score (nSPS) is 11.9. The topological polar surface area (TPSA) is 96.0 Å². The van der Waals surface area contributed by atoms with Crippen molar-refractivity contribution in [2.75, 3.05) is 24.5 Å². The van der Waals surface area contributed by atoms with E-state index >= 15 is 0 Å². The van der Waals surface area contributed by atoms with Crippen LogP contribution in [0.1, 0.15) is 30.5 Å². The van der Waals surface area contributed by atoms with Gasteiger partial charge in [-0.3, -0.25) is 13.9 Å². The van der Waals surface area contributed by atoms with Crippen LogP contribution in [-0.4, -0.2) is 51.4 Å². The second-order valence-corrected chi connectivity index (χ2v) is 11.0. The SMILES string of the molecule is CCNC(=O)C(C)N(Cc1cccc(C)c1)C(=O)CN(c1ccc(OC)cc1)S(=O)(=O)c1ccc(C)cc1. The summed E-state index contributed by atoms with van der Waals surface area (Å²) in [6.07, 6.45) is 0. The molecule has 0 heterocycles. The number of ether oxygens (including phenoxy) is 1. The van der Waals surface area contributed by atoms with Crippen molar-refractivity contribution in [1.29, 1.82) is 0 Å². The first-order chi connectivity index (χ1) is 18.1. The smallest absolute Gasteiger partial charge is 0.264 e. The van der Waals surface area contributed by atoms with Crippen LogP contribution in [-0.2, 0) is 26.2 Å². The first-order valence-electron chi connectivity index (χ1n) is 12.4. The highest BCUT2D eigenvalue weighted by Gasteiger charge is 2.32. The Kier molecular flexibility index (Phi) is 9.52. The van der Waals surface area contributed by atoms with Gasteiger partial charge in [0.2, 0.25) is 11.8 Å². The molecule has 2 amide bonds. The number of aryl methyl sites for hydroxylation is 2. The molecule has 3 aromatic rings. The Labute approximate surface area is 225 Å². The predicted molar refractivity (Wildman–Crippen MR) is 149 cm³/mol. The summed E-state index contributed by atoms with van der Waals surface area (Å²) < 4.78 is 33.9. The monoisotopic (exact) mass is 537 g/mol. The molecule has 0 aliphatic rings. The van der Waals surface area contributed by atoms with E-state index in [4.69, 9.17) is 4.74 Å². The molecule has 0 spiro atoms. The number of hydrogen-bond donors (Lipinski definition) is 1. The van der Waals surface area contributed by atoms with E-state index in [1.807, 2.05) is 38.1 Å². The Morgan fingerprint density at radius 3 is 2.18 bits per heavy atom. The fraction of sp³-hybridized carbons (Fsp3) is 0.310. The lowest BCUT2D eigenvalue weighted by Crippen LogP contribution is -2.51. The van der Waals surface area contributed by atoms with Crippen molar-refractivity contribution in [3.05, 3.63) is 89.5 Å². The fourth-order valence-electron chi connectivity index (χ4n) is 4.03. The van der Waals surface area contributed by atoms with E-state index in [1.165, 1.54) is 24.1 Å². The lowest BCUT2D eigenvalue weighted by atomic mass is 10.1. The molecule has 0 saturated carbocycles.